The van der Waals surface area contributed by atoms with Gasteiger partial charge in [0.2, 0.25) is 0 Å². The molecule has 1 rings (SSSR count). The zero-order valence-electron chi connectivity index (χ0n) is 7.71. The quantitative estimate of drug-likeness (QED) is 0.586. The van der Waals surface area contributed by atoms with Crippen molar-refractivity contribution >= 4 is 11.8 Å². The summed E-state index contributed by atoms with van der Waals surface area (Å²) in [7, 11) is 0. The minimum atomic E-state index is 0.605. The molecule has 0 saturated heterocycles. The molecule has 1 aromatic carbocycles. The van der Waals surface area contributed by atoms with E-state index in [9.17, 15) is 0 Å². The van der Waals surface area contributed by atoms with Crippen LogP contribution in [-0.2, 0) is 6.54 Å². The molecule has 0 unspecified atom stereocenters. The smallest absolute Gasteiger partial charge is 0.0594 e. The first-order valence-corrected chi connectivity index (χ1v) is 5.17. The lowest BCUT2D eigenvalue weighted by Gasteiger charge is -2.00. The highest BCUT2D eigenvalue weighted by Crippen LogP contribution is 2.18. The maximum atomic E-state index is 5.54. The molecule has 0 bridgehead atoms. The number of benzene rings is 1. The molecule has 0 aromatic heterocycles. The van der Waals surface area contributed by atoms with Crippen LogP contribution in [0.4, 0.5) is 0 Å². The van der Waals surface area contributed by atoms with Gasteiger partial charge in [-0.05, 0) is 24.6 Å². The van der Waals surface area contributed by atoms with Crippen molar-refractivity contribution in [2.45, 2.75) is 18.4 Å². The van der Waals surface area contributed by atoms with Gasteiger partial charge < -0.3 is 5.73 Å². The summed E-state index contributed by atoms with van der Waals surface area (Å²) in [5.74, 6) is 6.74. The maximum absolute atomic E-state index is 5.54. The number of hydrogen-bond donors (Lipinski definition) is 1. The lowest BCUT2D eigenvalue weighted by Crippen LogP contribution is -1.95. The van der Waals surface area contributed by atoms with Crippen LogP contribution in [0.5, 0.6) is 0 Å². The molecular formula is C11H13NS. The minimum Gasteiger partial charge on any atom is -0.326 e. The van der Waals surface area contributed by atoms with Gasteiger partial charge in [-0.1, -0.05) is 18.1 Å². The Balaban J connectivity index is 2.59. The average molecular weight is 191 g/mol. The van der Waals surface area contributed by atoms with Crippen molar-refractivity contribution in [2.24, 2.45) is 5.73 Å². The third-order valence-corrected chi connectivity index (χ3v) is 2.50. The Morgan fingerprint density at radius 2 is 2.31 bits per heavy atom. The van der Waals surface area contributed by atoms with Crippen LogP contribution < -0.4 is 5.73 Å². The van der Waals surface area contributed by atoms with E-state index in [1.807, 2.05) is 19.1 Å². The second-order valence-corrected chi connectivity index (χ2v) is 3.62. The van der Waals surface area contributed by atoms with Crippen LogP contribution in [0.25, 0.3) is 0 Å². The fourth-order valence-corrected chi connectivity index (χ4v) is 1.75. The monoisotopic (exact) mass is 191 g/mol. The van der Waals surface area contributed by atoms with Crippen molar-refractivity contribution < 1.29 is 0 Å². The summed E-state index contributed by atoms with van der Waals surface area (Å²) in [6, 6.07) is 8.27. The molecule has 0 aliphatic carbocycles. The van der Waals surface area contributed by atoms with Crippen molar-refractivity contribution in [3.63, 3.8) is 0 Å². The molecule has 68 valence electrons. The van der Waals surface area contributed by atoms with Crippen LogP contribution in [-0.4, -0.2) is 5.75 Å². The Labute approximate surface area is 83.7 Å². The number of hydrogen-bond acceptors (Lipinski definition) is 2. The van der Waals surface area contributed by atoms with Gasteiger partial charge >= 0.3 is 0 Å². The number of rotatable bonds is 3. The minimum absolute atomic E-state index is 0.605. The number of nitrogens with two attached hydrogens (primary N) is 1. The Hall–Kier alpha value is -0.910. The number of thioether (sulfide) groups is 1. The molecule has 0 saturated carbocycles. The standard InChI is InChI=1S/C11H13NS/c1-2-3-7-13-11-6-4-5-10(8-11)9-12/h4-6,8H,7,9,12H2,1H3. The molecule has 0 radical (unpaired) electrons. The fraction of sp³-hybridized carbons (Fsp3) is 0.273. The van der Waals surface area contributed by atoms with E-state index in [1.54, 1.807) is 11.8 Å². The fourth-order valence-electron chi connectivity index (χ4n) is 0.954. The van der Waals surface area contributed by atoms with Crippen molar-refractivity contribution in [3.8, 4) is 11.8 Å². The van der Waals surface area contributed by atoms with Gasteiger partial charge in [-0.3, -0.25) is 0 Å². The molecule has 2 N–H and O–H groups in total. The molecule has 2 heteroatoms. The van der Waals surface area contributed by atoms with E-state index >= 15 is 0 Å². The SMILES string of the molecule is CC#CCSc1cccc(CN)c1. The van der Waals surface area contributed by atoms with E-state index in [4.69, 9.17) is 5.73 Å². The van der Waals surface area contributed by atoms with Gasteiger partial charge in [-0.2, -0.15) is 0 Å². The van der Waals surface area contributed by atoms with E-state index in [1.165, 1.54) is 10.5 Å². The third kappa shape index (κ3) is 3.54. The predicted octanol–water partition coefficient (Wildman–Crippen LogP) is 2.26. The summed E-state index contributed by atoms with van der Waals surface area (Å²) in [5, 5.41) is 0. The maximum Gasteiger partial charge on any atom is 0.0594 e. The van der Waals surface area contributed by atoms with Crippen LogP contribution in [0, 0.1) is 11.8 Å². The van der Waals surface area contributed by atoms with Crippen LogP contribution in [0.2, 0.25) is 0 Å². The van der Waals surface area contributed by atoms with Gasteiger partial charge in [0, 0.05) is 11.4 Å². The van der Waals surface area contributed by atoms with Gasteiger partial charge in [0.15, 0.2) is 0 Å². The second kappa shape index (κ2) is 5.69. The molecular weight excluding hydrogens is 178 g/mol. The van der Waals surface area contributed by atoms with Gasteiger partial charge in [0.05, 0.1) is 5.75 Å². The molecule has 1 aromatic rings. The molecule has 0 aliphatic rings. The van der Waals surface area contributed by atoms with E-state index in [0.29, 0.717) is 6.54 Å². The van der Waals surface area contributed by atoms with Crippen LogP contribution in [0.15, 0.2) is 29.2 Å². The third-order valence-electron chi connectivity index (χ3n) is 1.62. The summed E-state index contributed by atoms with van der Waals surface area (Å²) < 4.78 is 0. The van der Waals surface area contributed by atoms with E-state index in [2.05, 4.69) is 24.0 Å². The van der Waals surface area contributed by atoms with Crippen LogP contribution >= 0.6 is 11.8 Å². The molecule has 1 nitrogen and oxygen atoms in total. The molecule has 13 heavy (non-hydrogen) atoms. The zero-order valence-corrected chi connectivity index (χ0v) is 8.53. The summed E-state index contributed by atoms with van der Waals surface area (Å²) >= 11 is 1.75. The summed E-state index contributed by atoms with van der Waals surface area (Å²) in [6.45, 7) is 2.46. The first-order valence-electron chi connectivity index (χ1n) is 4.18. The average Bonchev–Trinajstić information content (AvgIpc) is 2.19. The highest BCUT2D eigenvalue weighted by atomic mass is 32.2. The van der Waals surface area contributed by atoms with Crippen molar-refractivity contribution in [3.05, 3.63) is 29.8 Å². The summed E-state index contributed by atoms with van der Waals surface area (Å²) in [5.41, 5.74) is 6.71. The van der Waals surface area contributed by atoms with E-state index in [0.717, 1.165) is 5.75 Å². The predicted molar refractivity (Wildman–Crippen MR) is 58.5 cm³/mol. The Bertz CT molecular complexity index is 322. The van der Waals surface area contributed by atoms with Crippen molar-refractivity contribution in [1.29, 1.82) is 0 Å². The molecule has 0 spiro atoms. The topological polar surface area (TPSA) is 26.0 Å². The first-order chi connectivity index (χ1) is 6.36. The second-order valence-electron chi connectivity index (χ2n) is 2.57. The van der Waals surface area contributed by atoms with Crippen molar-refractivity contribution in [1.82, 2.24) is 0 Å². The van der Waals surface area contributed by atoms with Crippen LogP contribution in [0.3, 0.4) is 0 Å². The summed E-state index contributed by atoms with van der Waals surface area (Å²) in [4.78, 5) is 1.24. The summed E-state index contributed by atoms with van der Waals surface area (Å²) in [6.07, 6.45) is 0. The van der Waals surface area contributed by atoms with Gasteiger partial charge in [-0.15, -0.1) is 17.7 Å². The first kappa shape index (κ1) is 10.2. The Morgan fingerprint density at radius 1 is 1.46 bits per heavy atom. The molecule has 0 fully saturated rings. The van der Waals surface area contributed by atoms with Crippen LogP contribution in [0.1, 0.15) is 12.5 Å². The van der Waals surface area contributed by atoms with Crippen molar-refractivity contribution in [2.75, 3.05) is 5.75 Å². The van der Waals surface area contributed by atoms with Gasteiger partial charge in [-0.25, -0.2) is 0 Å². The van der Waals surface area contributed by atoms with E-state index in [-0.39, 0.29) is 0 Å². The zero-order chi connectivity index (χ0) is 9.52. The van der Waals surface area contributed by atoms with Gasteiger partial charge in [0.1, 0.15) is 0 Å². The highest BCUT2D eigenvalue weighted by molar-refractivity contribution is 7.99. The molecule has 0 heterocycles. The molecule has 0 aliphatic heterocycles. The lowest BCUT2D eigenvalue weighted by molar-refractivity contribution is 1.06. The largest absolute Gasteiger partial charge is 0.326 e. The molecule has 0 atom stereocenters. The van der Waals surface area contributed by atoms with Gasteiger partial charge in [0.25, 0.3) is 0 Å². The lowest BCUT2D eigenvalue weighted by atomic mass is 10.2. The normalized spacial score (nSPS) is 9.08. The molecule has 0 amide bonds. The Morgan fingerprint density at radius 3 is 3.00 bits per heavy atom. The highest BCUT2D eigenvalue weighted by Gasteiger charge is 1.93. The van der Waals surface area contributed by atoms with E-state index < -0.39 is 0 Å². The Kier molecular flexibility index (Phi) is 4.45.